The van der Waals surface area contributed by atoms with E-state index >= 15 is 0 Å². The highest BCUT2D eigenvalue weighted by atomic mass is 16.3. The Balaban J connectivity index is 1.57. The first-order valence-corrected chi connectivity index (χ1v) is 8.13. The van der Waals surface area contributed by atoms with Crippen LogP contribution in [0.1, 0.15) is 0 Å². The molecule has 6 rings (SSSR count). The van der Waals surface area contributed by atoms with Crippen molar-refractivity contribution in [2.24, 2.45) is 0 Å². The van der Waals surface area contributed by atoms with Gasteiger partial charge >= 0.3 is 0 Å². The van der Waals surface area contributed by atoms with E-state index in [2.05, 4.69) is 19.9 Å². The second-order valence-electron chi connectivity index (χ2n) is 6.07. The van der Waals surface area contributed by atoms with Crippen molar-refractivity contribution in [3.63, 3.8) is 0 Å². The number of hydrogen-bond donors (Lipinski definition) is 0. The SMILES string of the molecule is c1cnc2oc3cc(-c4cc5oc6ccncc6c5cn4)cnc3c2c1. The standard InChI is InChI=1S/C20H10N4O2/c1-2-12-19-18(26-20(12)22-4-1)6-11(8-24-19)15-7-17-14(10-23-15)13-9-21-5-3-16(13)25-17/h1-10H. The van der Waals surface area contributed by atoms with Crippen LogP contribution in [0.15, 0.2) is 70.2 Å². The zero-order valence-corrected chi connectivity index (χ0v) is 13.4. The van der Waals surface area contributed by atoms with Crippen molar-refractivity contribution >= 4 is 44.1 Å². The van der Waals surface area contributed by atoms with E-state index in [9.17, 15) is 0 Å². The van der Waals surface area contributed by atoms with Crippen molar-refractivity contribution in [2.45, 2.75) is 0 Å². The largest absolute Gasteiger partial charge is 0.456 e. The Morgan fingerprint density at radius 2 is 1.65 bits per heavy atom. The van der Waals surface area contributed by atoms with Gasteiger partial charge in [0.05, 0.1) is 11.1 Å². The van der Waals surface area contributed by atoms with Crippen molar-refractivity contribution in [1.82, 2.24) is 19.9 Å². The molecule has 0 aliphatic heterocycles. The zero-order valence-electron chi connectivity index (χ0n) is 13.4. The number of nitrogens with zero attached hydrogens (tertiary/aromatic N) is 4. The van der Waals surface area contributed by atoms with E-state index in [0.717, 1.165) is 44.1 Å². The van der Waals surface area contributed by atoms with Crippen LogP contribution in [0.5, 0.6) is 0 Å². The fourth-order valence-corrected chi connectivity index (χ4v) is 3.29. The maximum atomic E-state index is 5.92. The lowest BCUT2D eigenvalue weighted by molar-refractivity contribution is 0.653. The van der Waals surface area contributed by atoms with Crippen LogP contribution in [0, 0.1) is 0 Å². The van der Waals surface area contributed by atoms with Gasteiger partial charge in [-0.05, 0) is 24.3 Å². The van der Waals surface area contributed by atoms with E-state index in [4.69, 9.17) is 8.83 Å². The highest BCUT2D eigenvalue weighted by molar-refractivity contribution is 6.05. The van der Waals surface area contributed by atoms with Gasteiger partial charge in [0.15, 0.2) is 5.58 Å². The fraction of sp³-hybridized carbons (Fsp3) is 0. The van der Waals surface area contributed by atoms with E-state index in [-0.39, 0.29) is 0 Å². The van der Waals surface area contributed by atoms with Crippen LogP contribution in [0.3, 0.4) is 0 Å². The van der Waals surface area contributed by atoms with Crippen LogP contribution in [0.2, 0.25) is 0 Å². The lowest BCUT2D eigenvalue weighted by Gasteiger charge is -2.00. The molecule has 0 aromatic carbocycles. The van der Waals surface area contributed by atoms with Gasteiger partial charge in [0, 0.05) is 53.4 Å². The third-order valence-electron chi connectivity index (χ3n) is 4.54. The smallest absolute Gasteiger partial charge is 0.228 e. The molecule has 6 nitrogen and oxygen atoms in total. The van der Waals surface area contributed by atoms with Gasteiger partial charge in [0.2, 0.25) is 5.71 Å². The molecule has 0 unspecified atom stereocenters. The summed E-state index contributed by atoms with van der Waals surface area (Å²) in [6, 6.07) is 9.53. The lowest BCUT2D eigenvalue weighted by Crippen LogP contribution is -1.85. The minimum Gasteiger partial charge on any atom is -0.456 e. The minimum absolute atomic E-state index is 0.584. The van der Waals surface area contributed by atoms with Crippen molar-refractivity contribution < 1.29 is 8.83 Å². The predicted octanol–water partition coefficient (Wildman–Crippen LogP) is 4.73. The third-order valence-corrected chi connectivity index (χ3v) is 4.54. The van der Waals surface area contributed by atoms with Crippen LogP contribution in [-0.2, 0) is 0 Å². The Labute approximate surface area is 146 Å². The molecule has 6 aromatic rings. The molecule has 0 amide bonds. The summed E-state index contributed by atoms with van der Waals surface area (Å²) in [6.45, 7) is 0. The van der Waals surface area contributed by atoms with Gasteiger partial charge in [0.1, 0.15) is 16.7 Å². The molecular weight excluding hydrogens is 328 g/mol. The van der Waals surface area contributed by atoms with Crippen LogP contribution >= 0.6 is 0 Å². The first-order valence-electron chi connectivity index (χ1n) is 8.13. The van der Waals surface area contributed by atoms with Gasteiger partial charge in [-0.3, -0.25) is 15.0 Å². The molecule has 0 N–H and O–H groups in total. The Kier molecular flexibility index (Phi) is 2.52. The molecule has 0 aliphatic rings. The molecule has 0 fully saturated rings. The van der Waals surface area contributed by atoms with Crippen LogP contribution in [-0.4, -0.2) is 19.9 Å². The molecule has 0 saturated carbocycles. The van der Waals surface area contributed by atoms with Crippen molar-refractivity contribution in [2.75, 3.05) is 0 Å². The molecule has 0 atom stereocenters. The number of pyridine rings is 4. The van der Waals surface area contributed by atoms with Crippen molar-refractivity contribution in [3.05, 3.63) is 61.3 Å². The maximum absolute atomic E-state index is 5.92. The summed E-state index contributed by atoms with van der Waals surface area (Å²) >= 11 is 0. The molecule has 6 heterocycles. The summed E-state index contributed by atoms with van der Waals surface area (Å²) in [5.74, 6) is 0. The second kappa shape index (κ2) is 4.86. The fourth-order valence-electron chi connectivity index (χ4n) is 3.29. The first-order chi connectivity index (χ1) is 12.9. The van der Waals surface area contributed by atoms with Crippen LogP contribution in [0.4, 0.5) is 0 Å². The summed E-state index contributed by atoms with van der Waals surface area (Å²) < 4.78 is 11.7. The maximum Gasteiger partial charge on any atom is 0.228 e. The average molecular weight is 338 g/mol. The number of hydrogen-bond acceptors (Lipinski definition) is 6. The molecule has 122 valence electrons. The summed E-state index contributed by atoms with van der Waals surface area (Å²) in [5.41, 5.74) is 5.26. The average Bonchev–Trinajstić information content (AvgIpc) is 3.24. The lowest BCUT2D eigenvalue weighted by atomic mass is 10.1. The summed E-state index contributed by atoms with van der Waals surface area (Å²) in [4.78, 5) is 17.5. The van der Waals surface area contributed by atoms with Gasteiger partial charge in [-0.1, -0.05) is 0 Å². The minimum atomic E-state index is 0.584. The van der Waals surface area contributed by atoms with E-state index in [1.165, 1.54) is 0 Å². The van der Waals surface area contributed by atoms with Crippen LogP contribution in [0.25, 0.3) is 55.4 Å². The highest BCUT2D eigenvalue weighted by Gasteiger charge is 2.13. The molecule has 6 heteroatoms. The molecule has 0 aliphatic carbocycles. The van der Waals surface area contributed by atoms with Gasteiger partial charge in [-0.25, -0.2) is 4.98 Å². The van der Waals surface area contributed by atoms with Gasteiger partial charge in [-0.2, -0.15) is 0 Å². The number of fused-ring (bicyclic) bond motifs is 6. The van der Waals surface area contributed by atoms with E-state index in [1.54, 1.807) is 24.8 Å². The quantitative estimate of drug-likeness (QED) is 0.431. The zero-order chi connectivity index (χ0) is 17.1. The monoisotopic (exact) mass is 338 g/mol. The topological polar surface area (TPSA) is 77.8 Å². The summed E-state index contributed by atoms with van der Waals surface area (Å²) in [5, 5.41) is 2.81. The molecule has 0 radical (unpaired) electrons. The van der Waals surface area contributed by atoms with Crippen molar-refractivity contribution in [1.29, 1.82) is 0 Å². The van der Waals surface area contributed by atoms with Gasteiger partial charge < -0.3 is 8.83 Å². The predicted molar refractivity (Wildman–Crippen MR) is 97.6 cm³/mol. The molecule has 0 saturated heterocycles. The summed E-state index contributed by atoms with van der Waals surface area (Å²) in [7, 11) is 0. The van der Waals surface area contributed by atoms with E-state index in [0.29, 0.717) is 11.3 Å². The molecule has 0 spiro atoms. The Hall–Kier alpha value is -3.80. The molecule has 6 aromatic heterocycles. The van der Waals surface area contributed by atoms with Crippen molar-refractivity contribution in [3.8, 4) is 11.3 Å². The molecular formula is C20H10N4O2. The Morgan fingerprint density at radius 3 is 2.65 bits per heavy atom. The Bertz CT molecular complexity index is 1340. The number of furan rings is 2. The number of rotatable bonds is 1. The normalized spacial score (nSPS) is 11.8. The van der Waals surface area contributed by atoms with Gasteiger partial charge in [0.25, 0.3) is 0 Å². The molecule has 26 heavy (non-hydrogen) atoms. The summed E-state index contributed by atoms with van der Waals surface area (Å²) in [6.07, 6.45) is 8.81. The number of aromatic nitrogens is 4. The highest BCUT2D eigenvalue weighted by Crippen LogP contribution is 2.32. The van der Waals surface area contributed by atoms with E-state index < -0.39 is 0 Å². The first kappa shape index (κ1) is 13.5. The third kappa shape index (κ3) is 1.81. The Morgan fingerprint density at radius 1 is 0.692 bits per heavy atom. The van der Waals surface area contributed by atoms with E-state index in [1.807, 2.05) is 36.5 Å². The van der Waals surface area contributed by atoms with Crippen LogP contribution < -0.4 is 0 Å². The van der Waals surface area contributed by atoms with Gasteiger partial charge in [-0.15, -0.1) is 0 Å². The molecule has 0 bridgehead atoms. The second-order valence-corrected chi connectivity index (χ2v) is 6.07.